The van der Waals surface area contributed by atoms with Crippen molar-refractivity contribution in [2.24, 2.45) is 5.73 Å². The van der Waals surface area contributed by atoms with E-state index in [4.69, 9.17) is 5.73 Å². The molecule has 0 spiro atoms. The molecule has 4 N–H and O–H groups in total. The molecule has 0 radical (unpaired) electrons. The van der Waals surface area contributed by atoms with Crippen molar-refractivity contribution in [1.29, 1.82) is 0 Å². The Balaban J connectivity index is 3.54. The highest BCUT2D eigenvalue weighted by molar-refractivity contribution is 4.74. The minimum Gasteiger partial charge on any atom is -0.316 e. The summed E-state index contributed by atoms with van der Waals surface area (Å²) in [6.07, 6.45) is 0.0751. The lowest BCUT2D eigenvalue weighted by Crippen LogP contribution is -2.50. The maximum absolute atomic E-state index is 5.59. The third kappa shape index (κ3) is 5.18. The Kier molecular flexibility index (Phi) is 5.46. The van der Waals surface area contributed by atoms with Crippen molar-refractivity contribution in [1.82, 2.24) is 10.6 Å². The molecule has 0 aliphatic rings. The molecule has 0 bridgehead atoms. The van der Waals surface area contributed by atoms with Crippen molar-refractivity contribution in [3.63, 3.8) is 0 Å². The molecule has 3 heteroatoms. The Morgan fingerprint density at radius 2 is 1.73 bits per heavy atom. The summed E-state index contributed by atoms with van der Waals surface area (Å²) in [6, 6.07) is 0.904. The van der Waals surface area contributed by atoms with Crippen LogP contribution in [-0.4, -0.2) is 24.8 Å². The van der Waals surface area contributed by atoms with E-state index in [1.54, 1.807) is 0 Å². The molecule has 0 amide bonds. The molecular formula is C8H21N3. The van der Waals surface area contributed by atoms with E-state index < -0.39 is 0 Å². The van der Waals surface area contributed by atoms with Crippen molar-refractivity contribution in [2.45, 2.75) is 45.9 Å². The molecule has 3 unspecified atom stereocenters. The predicted molar refractivity (Wildman–Crippen MR) is 49.4 cm³/mol. The number of likely N-dealkylation sites (N-methyl/N-ethyl adjacent to an activating group) is 1. The van der Waals surface area contributed by atoms with Crippen LogP contribution in [0.5, 0.6) is 0 Å². The van der Waals surface area contributed by atoms with Crippen LogP contribution in [0.15, 0.2) is 0 Å². The normalized spacial score (nSPS) is 19.4. The van der Waals surface area contributed by atoms with E-state index in [-0.39, 0.29) is 6.17 Å². The zero-order valence-corrected chi connectivity index (χ0v) is 8.02. The molecule has 0 aromatic carbocycles. The van der Waals surface area contributed by atoms with Gasteiger partial charge in [-0.25, -0.2) is 0 Å². The van der Waals surface area contributed by atoms with Crippen LogP contribution in [0.1, 0.15) is 27.7 Å². The van der Waals surface area contributed by atoms with Crippen LogP contribution in [0.2, 0.25) is 0 Å². The minimum absolute atomic E-state index is 0.0751. The van der Waals surface area contributed by atoms with Gasteiger partial charge in [-0.15, -0.1) is 0 Å². The number of nitrogens with two attached hydrogens (primary N) is 1. The van der Waals surface area contributed by atoms with Crippen LogP contribution in [0.25, 0.3) is 0 Å². The Bertz CT molecular complexity index is 93.3. The average molecular weight is 159 g/mol. The van der Waals surface area contributed by atoms with Crippen molar-refractivity contribution in [2.75, 3.05) is 6.54 Å². The third-order valence-corrected chi connectivity index (χ3v) is 1.80. The minimum atomic E-state index is 0.0751. The summed E-state index contributed by atoms with van der Waals surface area (Å²) in [5.74, 6) is 0. The summed E-state index contributed by atoms with van der Waals surface area (Å²) in [7, 11) is 0. The first-order valence-corrected chi connectivity index (χ1v) is 4.33. The molecular weight excluding hydrogens is 138 g/mol. The summed E-state index contributed by atoms with van der Waals surface area (Å²) in [4.78, 5) is 0. The second-order valence-electron chi connectivity index (χ2n) is 3.09. The average Bonchev–Trinajstić information content (AvgIpc) is 1.86. The lowest BCUT2D eigenvalue weighted by Gasteiger charge is -2.23. The molecule has 68 valence electrons. The summed E-state index contributed by atoms with van der Waals surface area (Å²) >= 11 is 0. The number of nitrogens with one attached hydrogen (secondary N) is 2. The lowest BCUT2D eigenvalue weighted by molar-refractivity contribution is 0.384. The van der Waals surface area contributed by atoms with Gasteiger partial charge in [-0.1, -0.05) is 6.92 Å². The highest BCUT2D eigenvalue weighted by atomic mass is 15.1. The van der Waals surface area contributed by atoms with E-state index in [0.717, 1.165) is 6.54 Å². The van der Waals surface area contributed by atoms with Gasteiger partial charge in [-0.3, -0.25) is 5.32 Å². The summed E-state index contributed by atoms with van der Waals surface area (Å²) in [5, 5.41) is 6.58. The molecule has 0 saturated heterocycles. The Morgan fingerprint density at radius 1 is 1.18 bits per heavy atom. The zero-order chi connectivity index (χ0) is 8.85. The number of hydrogen-bond donors (Lipinski definition) is 3. The fraction of sp³-hybridized carbons (Fsp3) is 1.00. The molecule has 3 atom stereocenters. The van der Waals surface area contributed by atoms with Crippen molar-refractivity contribution in [3.05, 3.63) is 0 Å². The van der Waals surface area contributed by atoms with Crippen LogP contribution >= 0.6 is 0 Å². The van der Waals surface area contributed by atoms with Gasteiger partial charge in [-0.2, -0.15) is 0 Å². The third-order valence-electron chi connectivity index (χ3n) is 1.80. The van der Waals surface area contributed by atoms with Gasteiger partial charge in [0.05, 0.1) is 6.17 Å². The van der Waals surface area contributed by atoms with E-state index in [1.165, 1.54) is 0 Å². The van der Waals surface area contributed by atoms with Gasteiger partial charge in [-0.05, 0) is 27.3 Å². The Hall–Kier alpha value is -0.120. The zero-order valence-electron chi connectivity index (χ0n) is 8.02. The van der Waals surface area contributed by atoms with Crippen LogP contribution < -0.4 is 16.4 Å². The summed E-state index contributed by atoms with van der Waals surface area (Å²) in [6.45, 7) is 9.36. The maximum Gasteiger partial charge on any atom is 0.0519 e. The van der Waals surface area contributed by atoms with Gasteiger partial charge in [0.2, 0.25) is 0 Å². The quantitative estimate of drug-likeness (QED) is 0.505. The van der Waals surface area contributed by atoms with Gasteiger partial charge < -0.3 is 11.1 Å². The molecule has 0 aromatic rings. The largest absolute Gasteiger partial charge is 0.316 e. The first-order valence-electron chi connectivity index (χ1n) is 4.33. The molecule has 0 aromatic heterocycles. The van der Waals surface area contributed by atoms with E-state index >= 15 is 0 Å². The smallest absolute Gasteiger partial charge is 0.0519 e. The SMILES string of the molecule is CCNC(C)C(C)NC(C)N. The molecule has 0 heterocycles. The molecule has 3 nitrogen and oxygen atoms in total. The summed E-state index contributed by atoms with van der Waals surface area (Å²) in [5.41, 5.74) is 5.59. The fourth-order valence-electron chi connectivity index (χ4n) is 1.06. The Labute approximate surface area is 69.7 Å². The van der Waals surface area contributed by atoms with Gasteiger partial charge in [0.1, 0.15) is 0 Å². The molecule has 11 heavy (non-hydrogen) atoms. The van der Waals surface area contributed by atoms with Crippen LogP contribution in [0, 0.1) is 0 Å². The molecule has 0 aliphatic carbocycles. The van der Waals surface area contributed by atoms with Gasteiger partial charge in [0.25, 0.3) is 0 Å². The van der Waals surface area contributed by atoms with Gasteiger partial charge >= 0.3 is 0 Å². The lowest BCUT2D eigenvalue weighted by atomic mass is 10.1. The molecule has 0 saturated carbocycles. The van der Waals surface area contributed by atoms with Gasteiger partial charge in [0, 0.05) is 12.1 Å². The second kappa shape index (κ2) is 5.52. The van der Waals surface area contributed by atoms with E-state index in [1.807, 2.05) is 6.92 Å². The van der Waals surface area contributed by atoms with E-state index in [0.29, 0.717) is 12.1 Å². The predicted octanol–water partition coefficient (Wildman–Crippen LogP) is 0.267. The number of rotatable bonds is 5. The first kappa shape index (κ1) is 10.9. The van der Waals surface area contributed by atoms with Crippen molar-refractivity contribution in [3.8, 4) is 0 Å². The molecule has 0 fully saturated rings. The van der Waals surface area contributed by atoms with E-state index in [9.17, 15) is 0 Å². The Morgan fingerprint density at radius 3 is 2.09 bits per heavy atom. The van der Waals surface area contributed by atoms with Crippen molar-refractivity contribution >= 4 is 0 Å². The van der Waals surface area contributed by atoms with Crippen LogP contribution in [-0.2, 0) is 0 Å². The molecule has 0 aliphatic heterocycles. The van der Waals surface area contributed by atoms with Crippen molar-refractivity contribution < 1.29 is 0 Å². The van der Waals surface area contributed by atoms with Gasteiger partial charge in [0.15, 0.2) is 0 Å². The highest BCUT2D eigenvalue weighted by Gasteiger charge is 2.10. The monoisotopic (exact) mass is 159 g/mol. The van der Waals surface area contributed by atoms with Crippen LogP contribution in [0.4, 0.5) is 0 Å². The summed E-state index contributed by atoms with van der Waals surface area (Å²) < 4.78 is 0. The fourth-order valence-corrected chi connectivity index (χ4v) is 1.06. The molecule has 0 rings (SSSR count). The first-order chi connectivity index (χ1) is 5.07. The maximum atomic E-state index is 5.59. The highest BCUT2D eigenvalue weighted by Crippen LogP contribution is 1.91. The van der Waals surface area contributed by atoms with Crippen LogP contribution in [0.3, 0.4) is 0 Å². The topological polar surface area (TPSA) is 50.1 Å². The standard InChI is InChI=1S/C8H21N3/c1-5-10-6(2)7(3)11-8(4)9/h6-8,10-11H,5,9H2,1-4H3. The number of hydrogen-bond acceptors (Lipinski definition) is 3. The van der Waals surface area contributed by atoms with E-state index in [2.05, 4.69) is 31.4 Å². The second-order valence-corrected chi connectivity index (χ2v) is 3.09.